The highest BCUT2D eigenvalue weighted by atomic mass is 32.2. The van der Waals surface area contributed by atoms with E-state index in [2.05, 4.69) is 19.2 Å². The third-order valence-electron chi connectivity index (χ3n) is 6.26. The Labute approximate surface area is 203 Å². The number of nitrogens with zero attached hydrogens (tertiary/aromatic N) is 2. The van der Waals surface area contributed by atoms with E-state index in [0.717, 1.165) is 22.7 Å². The lowest BCUT2D eigenvalue weighted by atomic mass is 9.94. The second-order valence-corrected chi connectivity index (χ2v) is 11.4. The number of carbonyl (C=O) groups is 2. The Bertz CT molecular complexity index is 1070. The van der Waals surface area contributed by atoms with Gasteiger partial charge in [-0.15, -0.1) is 0 Å². The van der Waals surface area contributed by atoms with Crippen LogP contribution in [0.1, 0.15) is 39.2 Å². The molecule has 1 heterocycles. The molecule has 0 unspecified atom stereocenters. The number of sulfonamides is 1. The fraction of sp³-hybridized carbons (Fsp3) is 0.462. The Morgan fingerprint density at radius 2 is 1.68 bits per heavy atom. The maximum absolute atomic E-state index is 13.4. The number of hydrogen-bond donors (Lipinski definition) is 1. The lowest BCUT2D eigenvalue weighted by molar-refractivity contribution is -0.152. The first-order valence-electron chi connectivity index (χ1n) is 11.8. The van der Waals surface area contributed by atoms with Gasteiger partial charge >= 0.3 is 0 Å². The molecule has 1 fully saturated rings. The first-order chi connectivity index (χ1) is 16.1. The van der Waals surface area contributed by atoms with E-state index in [-0.39, 0.29) is 29.8 Å². The van der Waals surface area contributed by atoms with Crippen LogP contribution in [-0.2, 0) is 26.0 Å². The Morgan fingerprint density at radius 1 is 1.06 bits per heavy atom. The van der Waals surface area contributed by atoms with Gasteiger partial charge < -0.3 is 10.2 Å². The zero-order chi connectivity index (χ0) is 24.8. The van der Waals surface area contributed by atoms with Crippen molar-refractivity contribution in [1.82, 2.24) is 14.5 Å². The van der Waals surface area contributed by atoms with Crippen LogP contribution in [0.25, 0.3) is 0 Å². The Hall–Kier alpha value is -2.71. The predicted octanol–water partition coefficient (Wildman–Crippen LogP) is 3.07. The topological polar surface area (TPSA) is 86.8 Å². The van der Waals surface area contributed by atoms with Gasteiger partial charge in [-0.3, -0.25) is 9.59 Å². The van der Waals surface area contributed by atoms with Crippen LogP contribution in [-0.4, -0.2) is 61.2 Å². The van der Waals surface area contributed by atoms with Crippen LogP contribution in [0.3, 0.4) is 0 Å². The van der Waals surface area contributed by atoms with E-state index < -0.39 is 15.6 Å². The van der Waals surface area contributed by atoms with Crippen LogP contribution in [0, 0.1) is 5.92 Å². The fourth-order valence-corrected chi connectivity index (χ4v) is 5.73. The van der Waals surface area contributed by atoms with Gasteiger partial charge in [0.25, 0.3) is 0 Å². The molecule has 0 aliphatic carbocycles. The number of aryl methyl sites for hydroxylation is 1. The van der Waals surface area contributed by atoms with Crippen molar-refractivity contribution in [3.05, 3.63) is 66.2 Å². The van der Waals surface area contributed by atoms with Crippen molar-refractivity contribution < 1.29 is 18.0 Å². The Kier molecular flexibility index (Phi) is 8.49. The van der Waals surface area contributed by atoms with E-state index in [4.69, 9.17) is 0 Å². The van der Waals surface area contributed by atoms with Crippen molar-refractivity contribution in [3.8, 4) is 0 Å². The molecule has 0 radical (unpaired) electrons. The van der Waals surface area contributed by atoms with Crippen molar-refractivity contribution >= 4 is 21.8 Å². The van der Waals surface area contributed by atoms with Crippen molar-refractivity contribution in [3.63, 3.8) is 0 Å². The predicted molar refractivity (Wildman–Crippen MR) is 133 cm³/mol. The van der Waals surface area contributed by atoms with Crippen LogP contribution < -0.4 is 5.32 Å². The molecule has 7 nitrogen and oxygen atoms in total. The number of hydrogen-bond acceptors (Lipinski definition) is 4. The second-order valence-electron chi connectivity index (χ2n) is 9.43. The summed E-state index contributed by atoms with van der Waals surface area (Å²) < 4.78 is 27.7. The molecule has 1 aliphatic heterocycles. The summed E-state index contributed by atoms with van der Waals surface area (Å²) in [5.41, 5.74) is -0.145. The quantitative estimate of drug-likeness (QED) is 0.560. The number of carbonyl (C=O) groups excluding carboxylic acids is 2. The summed E-state index contributed by atoms with van der Waals surface area (Å²) in [4.78, 5) is 28.3. The first-order valence-corrected chi connectivity index (χ1v) is 13.3. The van der Waals surface area contributed by atoms with Gasteiger partial charge in [-0.05, 0) is 49.8 Å². The molecule has 0 saturated carbocycles. The van der Waals surface area contributed by atoms with Crippen LogP contribution >= 0.6 is 0 Å². The van der Waals surface area contributed by atoms with Gasteiger partial charge in [0.15, 0.2) is 0 Å². The van der Waals surface area contributed by atoms with Crippen LogP contribution in [0.4, 0.5) is 0 Å². The minimum atomic E-state index is -3.91. The largest absolute Gasteiger partial charge is 0.354 e. The summed E-state index contributed by atoms with van der Waals surface area (Å²) in [5, 5.41) is 2.94. The molecule has 1 aliphatic rings. The smallest absolute Gasteiger partial charge is 0.247 e. The maximum Gasteiger partial charge on any atom is 0.247 e. The third-order valence-corrected chi connectivity index (χ3v) is 8.07. The molecule has 184 valence electrons. The molecule has 1 atom stereocenters. The summed E-state index contributed by atoms with van der Waals surface area (Å²) in [7, 11) is -3.91. The van der Waals surface area contributed by atoms with Gasteiger partial charge in [0.05, 0.1) is 11.4 Å². The van der Waals surface area contributed by atoms with Gasteiger partial charge in [-0.2, -0.15) is 4.31 Å². The molecule has 0 aromatic heterocycles. The normalized spacial score (nSPS) is 19.4. The molecular formula is C26H35N3O4S. The second kappa shape index (κ2) is 11.1. The lowest BCUT2D eigenvalue weighted by Gasteiger charge is -2.47. The van der Waals surface area contributed by atoms with Gasteiger partial charge in [0, 0.05) is 19.6 Å². The van der Waals surface area contributed by atoms with E-state index in [1.54, 1.807) is 30.0 Å². The lowest BCUT2D eigenvalue weighted by Crippen LogP contribution is -2.69. The summed E-state index contributed by atoms with van der Waals surface area (Å²) in [6, 6.07) is 18.0. The highest BCUT2D eigenvalue weighted by Gasteiger charge is 2.50. The molecule has 1 N–H and O–H groups in total. The molecule has 2 aromatic rings. The van der Waals surface area contributed by atoms with Crippen LogP contribution in [0.15, 0.2) is 65.6 Å². The summed E-state index contributed by atoms with van der Waals surface area (Å²) in [5.74, 6) is -0.271. The summed E-state index contributed by atoms with van der Waals surface area (Å²) >= 11 is 0. The average molecular weight is 486 g/mol. The summed E-state index contributed by atoms with van der Waals surface area (Å²) in [6.07, 6.45) is 2.24. The molecule has 3 rings (SSSR count). The third kappa shape index (κ3) is 6.04. The minimum absolute atomic E-state index is 0.0885. The van der Waals surface area contributed by atoms with Crippen LogP contribution in [0.5, 0.6) is 0 Å². The molecule has 1 saturated heterocycles. The van der Waals surface area contributed by atoms with Crippen molar-refractivity contribution in [2.24, 2.45) is 5.92 Å². The van der Waals surface area contributed by atoms with Crippen molar-refractivity contribution in [2.75, 3.05) is 26.2 Å². The molecule has 2 aromatic carbocycles. The number of piperazine rings is 1. The highest BCUT2D eigenvalue weighted by Crippen LogP contribution is 2.28. The zero-order valence-corrected chi connectivity index (χ0v) is 21.1. The van der Waals surface area contributed by atoms with E-state index >= 15 is 0 Å². The van der Waals surface area contributed by atoms with Gasteiger partial charge in [-0.25, -0.2) is 8.42 Å². The fourth-order valence-electron chi connectivity index (χ4n) is 4.22. The van der Waals surface area contributed by atoms with E-state index in [0.29, 0.717) is 25.4 Å². The van der Waals surface area contributed by atoms with Crippen molar-refractivity contribution in [2.45, 2.75) is 50.5 Å². The van der Waals surface area contributed by atoms with Crippen LogP contribution in [0.2, 0.25) is 0 Å². The number of amides is 2. The standard InChI is InChI=1S/C26H35N3O4S/c1-21(2)16-17-27-25(31)26(3)20-28(34(32,33)23-14-8-5-9-15-23)19-24(30)29(26)18-10-13-22-11-6-4-7-12-22/h4-9,11-12,14-15,21H,10,13,16-20H2,1-3H3,(H,27,31)/t26-/m1/s1. The number of rotatable bonds is 10. The molecule has 8 heteroatoms. The number of nitrogens with one attached hydrogen (secondary N) is 1. The Balaban J connectivity index is 1.82. The SMILES string of the molecule is CC(C)CCNC(=O)[C@@]1(C)CN(S(=O)(=O)c2ccccc2)CC(=O)N1CCCc1ccccc1. The summed E-state index contributed by atoms with van der Waals surface area (Å²) in [6.45, 7) is 6.30. The monoisotopic (exact) mass is 485 g/mol. The maximum atomic E-state index is 13.4. The zero-order valence-electron chi connectivity index (χ0n) is 20.2. The molecular weight excluding hydrogens is 450 g/mol. The van der Waals surface area contributed by atoms with Gasteiger partial charge in [0.1, 0.15) is 5.54 Å². The Morgan fingerprint density at radius 3 is 2.29 bits per heavy atom. The minimum Gasteiger partial charge on any atom is -0.354 e. The van der Waals surface area contributed by atoms with E-state index in [1.807, 2.05) is 30.3 Å². The van der Waals surface area contributed by atoms with E-state index in [9.17, 15) is 18.0 Å². The van der Waals surface area contributed by atoms with E-state index in [1.165, 1.54) is 12.1 Å². The number of benzene rings is 2. The molecule has 0 bridgehead atoms. The highest BCUT2D eigenvalue weighted by molar-refractivity contribution is 7.89. The van der Waals surface area contributed by atoms with Gasteiger partial charge in [0.2, 0.25) is 21.8 Å². The molecule has 0 spiro atoms. The van der Waals surface area contributed by atoms with Crippen molar-refractivity contribution in [1.29, 1.82) is 0 Å². The first kappa shape index (κ1) is 25.9. The average Bonchev–Trinajstić information content (AvgIpc) is 2.81. The molecule has 2 amide bonds. The molecule has 34 heavy (non-hydrogen) atoms. The van der Waals surface area contributed by atoms with Gasteiger partial charge in [-0.1, -0.05) is 62.4 Å².